The van der Waals surface area contributed by atoms with Crippen LogP contribution in [0.25, 0.3) is 0 Å². The summed E-state index contributed by atoms with van der Waals surface area (Å²) in [4.78, 5) is 0. The molecule has 0 bridgehead atoms. The van der Waals surface area contributed by atoms with Gasteiger partial charge >= 0.3 is 0 Å². The van der Waals surface area contributed by atoms with Crippen LogP contribution < -0.4 is 10.5 Å². The predicted molar refractivity (Wildman–Crippen MR) is 59.4 cm³/mol. The maximum Gasteiger partial charge on any atom is 0.119 e. The Hall–Kier alpha value is -1.28. The summed E-state index contributed by atoms with van der Waals surface area (Å²) >= 11 is 0. The molecule has 0 unspecified atom stereocenters. The molecule has 1 aromatic rings. The van der Waals surface area contributed by atoms with Crippen LogP contribution >= 0.6 is 0 Å². The Bertz CT molecular complexity index is 320. The van der Waals surface area contributed by atoms with Crippen LogP contribution in [0.5, 0.6) is 5.75 Å². The van der Waals surface area contributed by atoms with Crippen LogP contribution in [0.2, 0.25) is 0 Å². The van der Waals surface area contributed by atoms with Gasteiger partial charge in [0.2, 0.25) is 0 Å². The summed E-state index contributed by atoms with van der Waals surface area (Å²) in [5.41, 5.74) is 8.19. The Balaban J connectivity index is 2.78. The molecule has 0 aliphatic carbocycles. The van der Waals surface area contributed by atoms with E-state index in [-0.39, 0.29) is 6.04 Å². The topological polar surface area (TPSA) is 35.2 Å². The summed E-state index contributed by atoms with van der Waals surface area (Å²) in [6, 6.07) is 7.86. The van der Waals surface area contributed by atoms with Crippen LogP contribution in [0, 0.1) is 0 Å². The summed E-state index contributed by atoms with van der Waals surface area (Å²) in [6.45, 7) is 5.84. The largest absolute Gasteiger partial charge is 0.497 e. The van der Waals surface area contributed by atoms with Gasteiger partial charge in [-0.05, 0) is 31.0 Å². The molecule has 0 spiro atoms. The summed E-state index contributed by atoms with van der Waals surface area (Å²) in [5, 5.41) is 0. The van der Waals surface area contributed by atoms with Gasteiger partial charge in [0.25, 0.3) is 0 Å². The fourth-order valence-corrected chi connectivity index (χ4v) is 1.37. The van der Waals surface area contributed by atoms with Crippen molar-refractivity contribution in [2.24, 2.45) is 5.73 Å². The Morgan fingerprint density at radius 2 is 2.29 bits per heavy atom. The molecule has 14 heavy (non-hydrogen) atoms. The van der Waals surface area contributed by atoms with Crippen molar-refractivity contribution in [3.8, 4) is 5.75 Å². The molecule has 1 aromatic carbocycles. The first-order valence-corrected chi connectivity index (χ1v) is 4.67. The molecule has 2 N–H and O–H groups in total. The number of ether oxygens (including phenoxy) is 1. The fourth-order valence-electron chi connectivity index (χ4n) is 1.37. The number of hydrogen-bond donors (Lipinski definition) is 1. The van der Waals surface area contributed by atoms with Crippen molar-refractivity contribution in [3.05, 3.63) is 42.0 Å². The highest BCUT2D eigenvalue weighted by atomic mass is 16.5. The highest BCUT2D eigenvalue weighted by Crippen LogP contribution is 2.21. The molecule has 0 saturated carbocycles. The van der Waals surface area contributed by atoms with Gasteiger partial charge in [-0.2, -0.15) is 0 Å². The third kappa shape index (κ3) is 2.89. The zero-order chi connectivity index (χ0) is 10.6. The van der Waals surface area contributed by atoms with Gasteiger partial charge in [-0.3, -0.25) is 0 Å². The van der Waals surface area contributed by atoms with E-state index in [1.165, 1.54) is 0 Å². The second-order valence-electron chi connectivity index (χ2n) is 3.54. The van der Waals surface area contributed by atoms with Crippen molar-refractivity contribution in [1.82, 2.24) is 0 Å². The molecule has 0 heterocycles. The van der Waals surface area contributed by atoms with Crippen molar-refractivity contribution < 1.29 is 4.74 Å². The van der Waals surface area contributed by atoms with E-state index in [1.54, 1.807) is 7.11 Å². The van der Waals surface area contributed by atoms with E-state index in [0.717, 1.165) is 23.3 Å². The van der Waals surface area contributed by atoms with E-state index in [0.29, 0.717) is 0 Å². The number of hydrogen-bond acceptors (Lipinski definition) is 2. The summed E-state index contributed by atoms with van der Waals surface area (Å²) < 4.78 is 5.13. The Morgan fingerprint density at radius 1 is 1.57 bits per heavy atom. The monoisotopic (exact) mass is 191 g/mol. The molecule has 76 valence electrons. The van der Waals surface area contributed by atoms with Gasteiger partial charge in [0.15, 0.2) is 0 Å². The molecule has 0 aliphatic heterocycles. The second-order valence-corrected chi connectivity index (χ2v) is 3.54. The van der Waals surface area contributed by atoms with Gasteiger partial charge in [-0.25, -0.2) is 0 Å². The summed E-state index contributed by atoms with van der Waals surface area (Å²) in [6.07, 6.45) is 0.813. The van der Waals surface area contributed by atoms with Crippen molar-refractivity contribution >= 4 is 0 Å². The zero-order valence-corrected chi connectivity index (χ0v) is 8.79. The van der Waals surface area contributed by atoms with Crippen molar-refractivity contribution in [2.75, 3.05) is 7.11 Å². The first kappa shape index (κ1) is 10.8. The molecule has 0 fully saturated rings. The molecule has 0 amide bonds. The van der Waals surface area contributed by atoms with Crippen LogP contribution in [-0.4, -0.2) is 7.11 Å². The minimum absolute atomic E-state index is 0.0163. The predicted octanol–water partition coefficient (Wildman–Crippen LogP) is 2.66. The van der Waals surface area contributed by atoms with Crippen LogP contribution in [0.3, 0.4) is 0 Å². The molecular formula is C12H17NO. The number of rotatable bonds is 4. The maximum atomic E-state index is 6.00. The maximum absolute atomic E-state index is 6.00. The van der Waals surface area contributed by atoms with Gasteiger partial charge in [-0.1, -0.05) is 17.7 Å². The van der Waals surface area contributed by atoms with Gasteiger partial charge in [0, 0.05) is 6.04 Å². The summed E-state index contributed by atoms with van der Waals surface area (Å²) in [5.74, 6) is 0.847. The van der Waals surface area contributed by atoms with E-state index in [2.05, 4.69) is 6.58 Å². The zero-order valence-electron chi connectivity index (χ0n) is 8.79. The number of methoxy groups -OCH3 is 1. The quantitative estimate of drug-likeness (QED) is 0.742. The Kier molecular flexibility index (Phi) is 3.72. The molecular weight excluding hydrogens is 174 g/mol. The van der Waals surface area contributed by atoms with Gasteiger partial charge in [-0.15, -0.1) is 6.58 Å². The third-order valence-electron chi connectivity index (χ3n) is 2.09. The smallest absolute Gasteiger partial charge is 0.119 e. The van der Waals surface area contributed by atoms with Crippen LogP contribution in [0.1, 0.15) is 24.9 Å². The molecule has 1 atom stereocenters. The minimum atomic E-state index is 0.0163. The summed E-state index contributed by atoms with van der Waals surface area (Å²) in [7, 11) is 1.66. The molecule has 0 aliphatic rings. The van der Waals surface area contributed by atoms with Crippen LogP contribution in [-0.2, 0) is 0 Å². The molecule has 0 radical (unpaired) electrons. The van der Waals surface area contributed by atoms with Crippen molar-refractivity contribution in [1.29, 1.82) is 0 Å². The third-order valence-corrected chi connectivity index (χ3v) is 2.09. The molecule has 2 nitrogen and oxygen atoms in total. The molecule has 1 rings (SSSR count). The second kappa shape index (κ2) is 4.82. The Morgan fingerprint density at radius 3 is 2.86 bits per heavy atom. The molecule has 0 aromatic heterocycles. The van der Waals surface area contributed by atoms with Gasteiger partial charge in [0.05, 0.1) is 7.11 Å². The lowest BCUT2D eigenvalue weighted by molar-refractivity contribution is 0.414. The van der Waals surface area contributed by atoms with Crippen LogP contribution in [0.4, 0.5) is 0 Å². The fraction of sp³-hybridized carbons (Fsp3) is 0.333. The molecule has 2 heteroatoms. The highest BCUT2D eigenvalue weighted by molar-refractivity contribution is 5.30. The average molecular weight is 191 g/mol. The SMILES string of the molecule is C=C(C)C[C@H](N)c1cccc(OC)c1. The van der Waals surface area contributed by atoms with Crippen LogP contribution in [0.15, 0.2) is 36.4 Å². The lowest BCUT2D eigenvalue weighted by atomic mass is 10.0. The van der Waals surface area contributed by atoms with E-state index in [1.807, 2.05) is 31.2 Å². The average Bonchev–Trinajstić information content (AvgIpc) is 2.17. The van der Waals surface area contributed by atoms with Crippen molar-refractivity contribution in [2.45, 2.75) is 19.4 Å². The number of benzene rings is 1. The standard InChI is InChI=1S/C12H17NO/c1-9(2)7-12(13)10-5-4-6-11(8-10)14-3/h4-6,8,12H,1,7,13H2,2-3H3/t12-/m0/s1. The lowest BCUT2D eigenvalue weighted by Crippen LogP contribution is -2.10. The first-order chi connectivity index (χ1) is 6.63. The minimum Gasteiger partial charge on any atom is -0.497 e. The lowest BCUT2D eigenvalue weighted by Gasteiger charge is -2.12. The van der Waals surface area contributed by atoms with Gasteiger partial charge < -0.3 is 10.5 Å². The van der Waals surface area contributed by atoms with Gasteiger partial charge in [0.1, 0.15) is 5.75 Å². The van der Waals surface area contributed by atoms with E-state index in [9.17, 15) is 0 Å². The molecule has 0 saturated heterocycles. The highest BCUT2D eigenvalue weighted by Gasteiger charge is 2.06. The normalized spacial score (nSPS) is 12.2. The Labute approximate surface area is 85.4 Å². The van der Waals surface area contributed by atoms with E-state index >= 15 is 0 Å². The van der Waals surface area contributed by atoms with E-state index < -0.39 is 0 Å². The van der Waals surface area contributed by atoms with Crippen molar-refractivity contribution in [3.63, 3.8) is 0 Å². The van der Waals surface area contributed by atoms with E-state index in [4.69, 9.17) is 10.5 Å². The number of nitrogens with two attached hydrogens (primary N) is 1. The first-order valence-electron chi connectivity index (χ1n) is 4.67.